The van der Waals surface area contributed by atoms with Crippen molar-refractivity contribution in [2.75, 3.05) is 13.2 Å². The van der Waals surface area contributed by atoms with E-state index in [-0.39, 0.29) is 0 Å². The fourth-order valence-corrected chi connectivity index (χ4v) is 2.55. The Morgan fingerprint density at radius 1 is 1.29 bits per heavy atom. The summed E-state index contributed by atoms with van der Waals surface area (Å²) in [5.74, 6) is 1.67. The molecule has 0 aromatic carbocycles. The Morgan fingerprint density at radius 2 is 2.07 bits per heavy atom. The molecule has 2 atom stereocenters. The highest BCUT2D eigenvalue weighted by atomic mass is 16.5. The number of ether oxygens (including phenoxy) is 1. The number of nitrogens with one attached hydrogen (secondary N) is 1. The minimum atomic E-state index is 0.579. The van der Waals surface area contributed by atoms with Gasteiger partial charge in [0.1, 0.15) is 0 Å². The second-order valence-electron chi connectivity index (χ2n) is 5.14. The van der Waals surface area contributed by atoms with Crippen molar-refractivity contribution in [3.63, 3.8) is 0 Å². The summed E-state index contributed by atoms with van der Waals surface area (Å²) in [6.45, 7) is 6.58. The average Bonchev–Trinajstić information content (AvgIpc) is 2.46. The van der Waals surface area contributed by atoms with Gasteiger partial charge in [-0.2, -0.15) is 0 Å². The van der Waals surface area contributed by atoms with Crippen molar-refractivity contribution < 1.29 is 4.74 Å². The molecule has 82 valence electrons. The van der Waals surface area contributed by atoms with E-state index in [1.54, 1.807) is 0 Å². The van der Waals surface area contributed by atoms with E-state index in [0.29, 0.717) is 12.1 Å². The van der Waals surface area contributed by atoms with E-state index in [2.05, 4.69) is 19.2 Å². The van der Waals surface area contributed by atoms with Crippen LogP contribution in [0.4, 0.5) is 0 Å². The van der Waals surface area contributed by atoms with Crippen molar-refractivity contribution >= 4 is 0 Å². The maximum Gasteiger partial charge on any atom is 0.0644 e. The summed E-state index contributed by atoms with van der Waals surface area (Å²) in [6.07, 6.45) is 6.08. The molecule has 0 bridgehead atoms. The van der Waals surface area contributed by atoms with Gasteiger partial charge in [0.2, 0.25) is 0 Å². The predicted octanol–water partition coefficient (Wildman–Crippen LogP) is 2.19. The standard InChI is InChI=1S/C12H23NO/c1-9(2)13-8-11-6-7-14-12(11)10-4-3-5-10/h9-13H,3-8H2,1-2H3. The van der Waals surface area contributed by atoms with Gasteiger partial charge in [0, 0.05) is 25.1 Å². The van der Waals surface area contributed by atoms with Crippen LogP contribution in [0.15, 0.2) is 0 Å². The van der Waals surface area contributed by atoms with E-state index in [0.717, 1.165) is 25.0 Å². The van der Waals surface area contributed by atoms with Gasteiger partial charge < -0.3 is 10.1 Å². The van der Waals surface area contributed by atoms with Crippen LogP contribution in [0.1, 0.15) is 39.5 Å². The Labute approximate surface area is 87.4 Å². The molecule has 2 heteroatoms. The van der Waals surface area contributed by atoms with Gasteiger partial charge in [0.25, 0.3) is 0 Å². The van der Waals surface area contributed by atoms with Gasteiger partial charge in [0.05, 0.1) is 6.10 Å². The van der Waals surface area contributed by atoms with Crippen LogP contribution in [0.2, 0.25) is 0 Å². The molecule has 14 heavy (non-hydrogen) atoms. The molecular weight excluding hydrogens is 174 g/mol. The summed E-state index contributed by atoms with van der Waals surface area (Å²) in [6, 6.07) is 0.609. The molecule has 0 aromatic heterocycles. The van der Waals surface area contributed by atoms with E-state index < -0.39 is 0 Å². The monoisotopic (exact) mass is 197 g/mol. The second-order valence-corrected chi connectivity index (χ2v) is 5.14. The molecule has 0 amide bonds. The van der Waals surface area contributed by atoms with Crippen LogP contribution in [0, 0.1) is 11.8 Å². The quantitative estimate of drug-likeness (QED) is 0.746. The molecule has 1 N–H and O–H groups in total. The number of rotatable bonds is 4. The highest BCUT2D eigenvalue weighted by molar-refractivity contribution is 4.87. The van der Waals surface area contributed by atoms with Crippen LogP contribution in [-0.4, -0.2) is 25.3 Å². The number of hydrogen-bond donors (Lipinski definition) is 1. The lowest BCUT2D eigenvalue weighted by Gasteiger charge is -2.34. The molecule has 2 fully saturated rings. The fraction of sp³-hybridized carbons (Fsp3) is 1.00. The average molecular weight is 197 g/mol. The number of hydrogen-bond acceptors (Lipinski definition) is 2. The van der Waals surface area contributed by atoms with E-state index in [1.165, 1.54) is 25.7 Å². The predicted molar refractivity (Wildman–Crippen MR) is 58.3 cm³/mol. The molecule has 1 aliphatic heterocycles. The first-order chi connectivity index (χ1) is 6.77. The van der Waals surface area contributed by atoms with Crippen molar-refractivity contribution in [3.8, 4) is 0 Å². The van der Waals surface area contributed by atoms with E-state index in [4.69, 9.17) is 4.74 Å². The molecule has 0 aromatic rings. The molecular formula is C12H23NO. The third kappa shape index (κ3) is 2.29. The third-order valence-electron chi connectivity index (χ3n) is 3.67. The van der Waals surface area contributed by atoms with Gasteiger partial charge in [-0.05, 0) is 25.2 Å². The minimum Gasteiger partial charge on any atom is -0.378 e. The van der Waals surface area contributed by atoms with Crippen molar-refractivity contribution in [2.24, 2.45) is 11.8 Å². The molecule has 1 aliphatic carbocycles. The Balaban J connectivity index is 1.77. The van der Waals surface area contributed by atoms with Crippen LogP contribution < -0.4 is 5.32 Å². The lowest BCUT2D eigenvalue weighted by molar-refractivity contribution is 0.0101. The summed E-state index contributed by atoms with van der Waals surface area (Å²) in [5, 5.41) is 3.54. The molecule has 1 saturated carbocycles. The van der Waals surface area contributed by atoms with E-state index >= 15 is 0 Å². The first-order valence-corrected chi connectivity index (χ1v) is 6.12. The fourth-order valence-electron chi connectivity index (χ4n) is 2.55. The minimum absolute atomic E-state index is 0.579. The third-order valence-corrected chi connectivity index (χ3v) is 3.67. The summed E-state index contributed by atoms with van der Waals surface area (Å²) in [4.78, 5) is 0. The van der Waals surface area contributed by atoms with Gasteiger partial charge in [-0.1, -0.05) is 20.3 Å². The van der Waals surface area contributed by atoms with Gasteiger partial charge in [-0.3, -0.25) is 0 Å². The van der Waals surface area contributed by atoms with Crippen molar-refractivity contribution in [1.29, 1.82) is 0 Å². The first kappa shape index (κ1) is 10.4. The maximum atomic E-state index is 5.86. The second kappa shape index (κ2) is 4.63. The van der Waals surface area contributed by atoms with Gasteiger partial charge in [-0.25, -0.2) is 0 Å². The zero-order chi connectivity index (χ0) is 9.97. The highest BCUT2D eigenvalue weighted by Crippen LogP contribution is 2.38. The van der Waals surface area contributed by atoms with Gasteiger partial charge in [-0.15, -0.1) is 0 Å². The molecule has 0 radical (unpaired) electrons. The van der Waals surface area contributed by atoms with Crippen LogP contribution >= 0.6 is 0 Å². The van der Waals surface area contributed by atoms with Crippen LogP contribution in [0.25, 0.3) is 0 Å². The van der Waals surface area contributed by atoms with E-state index in [1.807, 2.05) is 0 Å². The molecule has 1 heterocycles. The summed E-state index contributed by atoms with van der Waals surface area (Å²) < 4.78 is 5.86. The summed E-state index contributed by atoms with van der Waals surface area (Å²) in [7, 11) is 0. The summed E-state index contributed by atoms with van der Waals surface area (Å²) >= 11 is 0. The Kier molecular flexibility index (Phi) is 3.45. The topological polar surface area (TPSA) is 21.3 Å². The van der Waals surface area contributed by atoms with Crippen molar-refractivity contribution in [2.45, 2.75) is 51.7 Å². The summed E-state index contributed by atoms with van der Waals surface area (Å²) in [5.41, 5.74) is 0. The largest absolute Gasteiger partial charge is 0.378 e. The molecule has 0 spiro atoms. The van der Waals surface area contributed by atoms with Crippen molar-refractivity contribution in [3.05, 3.63) is 0 Å². The Bertz CT molecular complexity index is 177. The highest BCUT2D eigenvalue weighted by Gasteiger charge is 2.37. The van der Waals surface area contributed by atoms with Gasteiger partial charge >= 0.3 is 0 Å². The zero-order valence-electron chi connectivity index (χ0n) is 9.46. The Hall–Kier alpha value is -0.0800. The normalized spacial score (nSPS) is 33.6. The van der Waals surface area contributed by atoms with Crippen molar-refractivity contribution in [1.82, 2.24) is 5.32 Å². The first-order valence-electron chi connectivity index (χ1n) is 6.12. The lowest BCUT2D eigenvalue weighted by atomic mass is 9.76. The van der Waals surface area contributed by atoms with Crippen LogP contribution in [0.3, 0.4) is 0 Å². The molecule has 2 rings (SSSR count). The van der Waals surface area contributed by atoms with Crippen LogP contribution in [0.5, 0.6) is 0 Å². The lowest BCUT2D eigenvalue weighted by Crippen LogP contribution is -2.38. The molecule has 2 nitrogen and oxygen atoms in total. The zero-order valence-corrected chi connectivity index (χ0v) is 9.46. The van der Waals surface area contributed by atoms with Gasteiger partial charge in [0.15, 0.2) is 0 Å². The maximum absolute atomic E-state index is 5.86. The molecule has 2 unspecified atom stereocenters. The smallest absolute Gasteiger partial charge is 0.0644 e. The SMILES string of the molecule is CC(C)NCC1CCOC1C1CCC1. The van der Waals surface area contributed by atoms with Crippen LogP contribution in [-0.2, 0) is 4.74 Å². The Morgan fingerprint density at radius 3 is 2.64 bits per heavy atom. The molecule has 1 saturated heterocycles. The van der Waals surface area contributed by atoms with E-state index in [9.17, 15) is 0 Å². The molecule has 2 aliphatic rings.